The first-order valence-electron chi connectivity index (χ1n) is 7.75. The zero-order valence-corrected chi connectivity index (χ0v) is 15.3. The van der Waals surface area contributed by atoms with Gasteiger partial charge < -0.3 is 4.74 Å². The highest BCUT2D eigenvalue weighted by Gasteiger charge is 2.09. The number of benzene rings is 2. The molecule has 2 aromatic carbocycles. The number of rotatable bonds is 6. The molecule has 0 atom stereocenters. The third-order valence-electron chi connectivity index (χ3n) is 3.60. The van der Waals surface area contributed by atoms with E-state index < -0.39 is 10.8 Å². The summed E-state index contributed by atoms with van der Waals surface area (Å²) in [5, 5.41) is 15.4. The van der Waals surface area contributed by atoms with Gasteiger partial charge in [-0.25, -0.2) is 5.43 Å². The van der Waals surface area contributed by atoms with Gasteiger partial charge in [0.05, 0.1) is 10.6 Å². The van der Waals surface area contributed by atoms with Crippen LogP contribution in [0.2, 0.25) is 5.02 Å². The molecule has 1 amide bonds. The Kier molecular flexibility index (Phi) is 6.30. The summed E-state index contributed by atoms with van der Waals surface area (Å²) >= 11 is 6.09. The lowest BCUT2D eigenvalue weighted by atomic mass is 10.1. The Morgan fingerprint density at radius 1 is 1.27 bits per heavy atom. The number of nitrogens with zero attached hydrogens (tertiary/aromatic N) is 2. The van der Waals surface area contributed by atoms with Crippen molar-refractivity contribution in [2.75, 3.05) is 6.61 Å². The SMILES string of the molecule is C/C(=N/NC(=O)COc1cc(C)c(Cl)c(C)c1)c1cccc([N+](=O)[O-])c1. The normalized spacial score (nSPS) is 11.2. The van der Waals surface area contributed by atoms with Gasteiger partial charge in [-0.05, 0) is 44.0 Å². The smallest absolute Gasteiger partial charge is 0.277 e. The van der Waals surface area contributed by atoms with Gasteiger partial charge in [-0.15, -0.1) is 0 Å². The Balaban J connectivity index is 1.96. The topological polar surface area (TPSA) is 93.8 Å². The van der Waals surface area contributed by atoms with Gasteiger partial charge >= 0.3 is 0 Å². The Bertz CT molecular complexity index is 857. The van der Waals surface area contributed by atoms with E-state index in [2.05, 4.69) is 10.5 Å². The van der Waals surface area contributed by atoms with Crippen LogP contribution in [-0.4, -0.2) is 23.1 Å². The van der Waals surface area contributed by atoms with E-state index in [1.54, 1.807) is 31.2 Å². The number of aryl methyl sites for hydroxylation is 2. The van der Waals surface area contributed by atoms with Crippen LogP contribution in [0.1, 0.15) is 23.6 Å². The maximum atomic E-state index is 11.9. The molecule has 0 aliphatic rings. The van der Waals surface area contributed by atoms with Crippen molar-refractivity contribution in [3.8, 4) is 5.75 Å². The predicted octanol–water partition coefficient (Wildman–Crippen LogP) is 3.78. The van der Waals surface area contributed by atoms with Crippen molar-refractivity contribution in [1.82, 2.24) is 5.43 Å². The second kappa shape index (κ2) is 8.44. The average molecular weight is 376 g/mol. The van der Waals surface area contributed by atoms with Crippen molar-refractivity contribution in [3.63, 3.8) is 0 Å². The average Bonchev–Trinajstić information content (AvgIpc) is 2.62. The number of nitrogens with one attached hydrogen (secondary N) is 1. The number of nitro benzene ring substituents is 1. The fraction of sp³-hybridized carbons (Fsp3) is 0.222. The van der Waals surface area contributed by atoms with E-state index >= 15 is 0 Å². The van der Waals surface area contributed by atoms with Crippen molar-refractivity contribution in [2.24, 2.45) is 5.10 Å². The minimum atomic E-state index is -0.487. The van der Waals surface area contributed by atoms with E-state index in [9.17, 15) is 14.9 Å². The van der Waals surface area contributed by atoms with E-state index in [4.69, 9.17) is 16.3 Å². The van der Waals surface area contributed by atoms with Gasteiger partial charge in [0.25, 0.3) is 11.6 Å². The van der Waals surface area contributed by atoms with Crippen LogP contribution < -0.4 is 10.2 Å². The van der Waals surface area contributed by atoms with Crippen LogP contribution >= 0.6 is 11.6 Å². The van der Waals surface area contributed by atoms with Crippen LogP contribution in [0.3, 0.4) is 0 Å². The number of hydrazone groups is 1. The molecule has 0 saturated heterocycles. The maximum absolute atomic E-state index is 11.9. The van der Waals surface area contributed by atoms with Crippen LogP contribution in [0.25, 0.3) is 0 Å². The molecular weight excluding hydrogens is 358 g/mol. The van der Waals surface area contributed by atoms with Gasteiger partial charge in [0.2, 0.25) is 0 Å². The lowest BCUT2D eigenvalue weighted by molar-refractivity contribution is -0.384. The van der Waals surface area contributed by atoms with Crippen LogP contribution in [0.5, 0.6) is 5.75 Å². The molecule has 136 valence electrons. The second-order valence-electron chi connectivity index (χ2n) is 5.70. The highest BCUT2D eigenvalue weighted by molar-refractivity contribution is 6.32. The quantitative estimate of drug-likeness (QED) is 0.472. The van der Waals surface area contributed by atoms with Gasteiger partial charge in [0.1, 0.15) is 5.75 Å². The first kappa shape index (κ1) is 19.4. The number of carbonyl (C=O) groups excluding carboxylic acids is 1. The van der Waals surface area contributed by atoms with Gasteiger partial charge in [0, 0.05) is 22.7 Å². The van der Waals surface area contributed by atoms with Crippen molar-refractivity contribution >= 4 is 28.9 Å². The molecular formula is C18H18ClN3O4. The van der Waals surface area contributed by atoms with Crippen LogP contribution in [0, 0.1) is 24.0 Å². The largest absolute Gasteiger partial charge is 0.484 e. The Morgan fingerprint density at radius 2 is 1.92 bits per heavy atom. The van der Waals surface area contributed by atoms with Crippen molar-refractivity contribution in [1.29, 1.82) is 0 Å². The molecule has 0 radical (unpaired) electrons. The summed E-state index contributed by atoms with van der Waals surface area (Å²) in [6.45, 7) is 5.14. The third-order valence-corrected chi connectivity index (χ3v) is 4.20. The minimum Gasteiger partial charge on any atom is -0.484 e. The molecule has 2 aromatic rings. The lowest BCUT2D eigenvalue weighted by Gasteiger charge is -2.09. The van der Waals surface area contributed by atoms with Gasteiger partial charge in [-0.2, -0.15) is 5.10 Å². The molecule has 0 aromatic heterocycles. The molecule has 0 heterocycles. The summed E-state index contributed by atoms with van der Waals surface area (Å²) < 4.78 is 5.44. The van der Waals surface area contributed by atoms with Gasteiger partial charge in [-0.1, -0.05) is 23.7 Å². The van der Waals surface area contributed by atoms with Gasteiger partial charge in [-0.3, -0.25) is 14.9 Å². The molecule has 2 rings (SSSR count). The monoisotopic (exact) mass is 375 g/mol. The number of carbonyl (C=O) groups is 1. The number of halogens is 1. The fourth-order valence-corrected chi connectivity index (χ4v) is 2.34. The van der Waals surface area contributed by atoms with E-state index in [1.165, 1.54) is 12.1 Å². The number of hydrogen-bond donors (Lipinski definition) is 1. The maximum Gasteiger partial charge on any atom is 0.277 e. The second-order valence-corrected chi connectivity index (χ2v) is 6.08. The van der Waals surface area contributed by atoms with E-state index in [0.717, 1.165) is 11.1 Å². The zero-order chi connectivity index (χ0) is 19.3. The van der Waals surface area contributed by atoms with Crippen LogP contribution in [-0.2, 0) is 4.79 Å². The highest BCUT2D eigenvalue weighted by Crippen LogP contribution is 2.25. The summed E-state index contributed by atoms with van der Waals surface area (Å²) in [7, 11) is 0. The molecule has 0 spiro atoms. The third kappa shape index (κ3) is 5.03. The molecule has 7 nitrogen and oxygen atoms in total. The molecule has 0 bridgehead atoms. The predicted molar refractivity (Wildman–Crippen MR) is 99.9 cm³/mol. The van der Waals surface area contributed by atoms with Crippen molar-refractivity contribution in [2.45, 2.75) is 20.8 Å². The molecule has 0 saturated carbocycles. The lowest BCUT2D eigenvalue weighted by Crippen LogP contribution is -2.25. The Labute approximate surface area is 155 Å². The molecule has 0 aliphatic carbocycles. The molecule has 8 heteroatoms. The van der Waals surface area contributed by atoms with E-state index in [-0.39, 0.29) is 12.3 Å². The molecule has 0 aliphatic heterocycles. The Morgan fingerprint density at radius 3 is 2.54 bits per heavy atom. The highest BCUT2D eigenvalue weighted by atomic mass is 35.5. The number of nitro groups is 1. The number of amides is 1. The zero-order valence-electron chi connectivity index (χ0n) is 14.6. The van der Waals surface area contributed by atoms with E-state index in [1.807, 2.05) is 13.8 Å². The molecule has 0 unspecified atom stereocenters. The summed E-state index contributed by atoms with van der Waals surface area (Å²) in [5.41, 5.74) is 5.04. The number of hydrogen-bond acceptors (Lipinski definition) is 5. The van der Waals surface area contributed by atoms with Crippen LogP contribution in [0.15, 0.2) is 41.5 Å². The summed E-state index contributed by atoms with van der Waals surface area (Å²) in [6.07, 6.45) is 0. The summed E-state index contributed by atoms with van der Waals surface area (Å²) in [4.78, 5) is 22.2. The first-order chi connectivity index (χ1) is 12.3. The number of non-ortho nitro benzene ring substituents is 1. The Hall–Kier alpha value is -2.93. The fourth-order valence-electron chi connectivity index (χ4n) is 2.23. The standard InChI is InChI=1S/C18H18ClN3O4/c1-11-7-16(8-12(2)18(11)19)26-10-17(23)21-20-13(3)14-5-4-6-15(9-14)22(24)25/h4-9H,10H2,1-3H3,(H,21,23)/b20-13-. The molecule has 0 fully saturated rings. The number of ether oxygens (including phenoxy) is 1. The molecule has 26 heavy (non-hydrogen) atoms. The summed E-state index contributed by atoms with van der Waals surface area (Å²) in [6, 6.07) is 9.51. The minimum absolute atomic E-state index is 0.0415. The summed E-state index contributed by atoms with van der Waals surface area (Å²) in [5.74, 6) is 0.0963. The van der Waals surface area contributed by atoms with Gasteiger partial charge in [0.15, 0.2) is 6.61 Å². The van der Waals surface area contributed by atoms with Crippen LogP contribution in [0.4, 0.5) is 5.69 Å². The first-order valence-corrected chi connectivity index (χ1v) is 8.13. The van der Waals surface area contributed by atoms with Crippen molar-refractivity contribution in [3.05, 3.63) is 68.2 Å². The van der Waals surface area contributed by atoms with Crippen molar-refractivity contribution < 1.29 is 14.5 Å². The van der Waals surface area contributed by atoms with E-state index in [0.29, 0.717) is 22.0 Å². The molecule has 1 N–H and O–H groups in total.